The predicted octanol–water partition coefficient (Wildman–Crippen LogP) is 2.85. The Bertz CT molecular complexity index is 1080. The molecular formula is C19H24BrN5O2. The van der Waals surface area contributed by atoms with Crippen molar-refractivity contribution in [1.82, 2.24) is 18.7 Å². The van der Waals surface area contributed by atoms with Gasteiger partial charge in [0.25, 0.3) is 5.56 Å². The van der Waals surface area contributed by atoms with Crippen LogP contribution in [0.25, 0.3) is 11.2 Å². The van der Waals surface area contributed by atoms with Gasteiger partial charge in [0.2, 0.25) is 5.95 Å². The highest BCUT2D eigenvalue weighted by atomic mass is 79.9. The zero-order chi connectivity index (χ0) is 19.6. The third-order valence-corrected chi connectivity index (χ3v) is 5.13. The second-order valence-corrected chi connectivity index (χ2v) is 7.58. The smallest absolute Gasteiger partial charge is 0.332 e. The Morgan fingerprint density at radius 2 is 1.93 bits per heavy atom. The summed E-state index contributed by atoms with van der Waals surface area (Å²) in [6.07, 6.45) is 3.28. The van der Waals surface area contributed by atoms with Crippen molar-refractivity contribution in [3.8, 4) is 0 Å². The number of anilines is 1. The second kappa shape index (κ2) is 8.12. The summed E-state index contributed by atoms with van der Waals surface area (Å²) in [5, 5.41) is 3.34. The highest BCUT2D eigenvalue weighted by Crippen LogP contribution is 2.20. The molecule has 7 nitrogen and oxygen atoms in total. The van der Waals surface area contributed by atoms with Gasteiger partial charge in [-0.25, -0.2) is 4.79 Å². The van der Waals surface area contributed by atoms with Gasteiger partial charge in [0, 0.05) is 25.1 Å². The molecule has 2 aromatic heterocycles. The van der Waals surface area contributed by atoms with Crippen LogP contribution in [0.1, 0.15) is 31.7 Å². The van der Waals surface area contributed by atoms with Crippen molar-refractivity contribution in [2.45, 2.75) is 32.7 Å². The lowest BCUT2D eigenvalue weighted by atomic mass is 10.2. The van der Waals surface area contributed by atoms with Gasteiger partial charge in [0.05, 0.1) is 6.54 Å². The molecule has 0 aliphatic heterocycles. The summed E-state index contributed by atoms with van der Waals surface area (Å²) in [5.74, 6) is 0.611. The van der Waals surface area contributed by atoms with Gasteiger partial charge in [-0.3, -0.25) is 18.5 Å². The van der Waals surface area contributed by atoms with Crippen LogP contribution in [0.3, 0.4) is 0 Å². The van der Waals surface area contributed by atoms with E-state index in [1.165, 1.54) is 11.6 Å². The number of rotatable bonds is 7. The van der Waals surface area contributed by atoms with Gasteiger partial charge in [0.1, 0.15) is 0 Å². The van der Waals surface area contributed by atoms with Crippen molar-refractivity contribution >= 4 is 33.0 Å². The van der Waals surface area contributed by atoms with Crippen LogP contribution in [0.5, 0.6) is 0 Å². The first-order chi connectivity index (χ1) is 12.9. The molecule has 0 radical (unpaired) electrons. The van der Waals surface area contributed by atoms with Crippen LogP contribution in [-0.2, 0) is 20.6 Å². The summed E-state index contributed by atoms with van der Waals surface area (Å²) >= 11 is 3.49. The molecule has 1 aromatic carbocycles. The minimum absolute atomic E-state index is 0.336. The number of hydrogen-bond donors (Lipinski definition) is 1. The molecule has 144 valence electrons. The summed E-state index contributed by atoms with van der Waals surface area (Å²) in [7, 11) is 3.14. The summed E-state index contributed by atoms with van der Waals surface area (Å²) in [4.78, 5) is 29.7. The molecule has 0 aliphatic rings. The number of unbranched alkanes of at least 4 members (excludes halogenated alkanes) is 2. The first-order valence-electron chi connectivity index (χ1n) is 9.08. The Morgan fingerprint density at radius 3 is 2.63 bits per heavy atom. The zero-order valence-electron chi connectivity index (χ0n) is 15.8. The fraction of sp³-hybridized carbons (Fsp3) is 0.421. The summed E-state index contributed by atoms with van der Waals surface area (Å²) in [6, 6.07) is 7.94. The van der Waals surface area contributed by atoms with Crippen LogP contribution in [0.2, 0.25) is 0 Å². The number of imidazole rings is 1. The topological polar surface area (TPSA) is 73.8 Å². The minimum atomic E-state index is -0.378. The van der Waals surface area contributed by atoms with Crippen molar-refractivity contribution in [3.05, 3.63) is 55.1 Å². The Hall–Kier alpha value is -2.35. The summed E-state index contributed by atoms with van der Waals surface area (Å²) in [5.41, 5.74) is 1.15. The van der Waals surface area contributed by atoms with E-state index in [1.807, 2.05) is 28.8 Å². The fourth-order valence-electron chi connectivity index (χ4n) is 3.13. The molecule has 27 heavy (non-hydrogen) atoms. The molecule has 0 aliphatic carbocycles. The number of benzene rings is 1. The van der Waals surface area contributed by atoms with Crippen molar-refractivity contribution in [1.29, 1.82) is 0 Å². The van der Waals surface area contributed by atoms with Crippen LogP contribution in [0.4, 0.5) is 5.95 Å². The Labute approximate surface area is 165 Å². The van der Waals surface area contributed by atoms with E-state index in [4.69, 9.17) is 0 Å². The first kappa shape index (κ1) is 19.4. The lowest BCUT2D eigenvalue weighted by Crippen LogP contribution is -2.37. The third kappa shape index (κ3) is 3.85. The number of fused-ring (bicyclic) bond motifs is 1. The second-order valence-electron chi connectivity index (χ2n) is 6.66. The average molecular weight is 434 g/mol. The summed E-state index contributed by atoms with van der Waals surface area (Å²) in [6.45, 7) is 3.41. The number of aryl methyl sites for hydroxylation is 1. The van der Waals surface area contributed by atoms with Crippen molar-refractivity contribution in [2.24, 2.45) is 14.1 Å². The van der Waals surface area contributed by atoms with E-state index in [0.717, 1.165) is 40.4 Å². The van der Waals surface area contributed by atoms with Gasteiger partial charge in [0.15, 0.2) is 11.2 Å². The molecule has 0 atom stereocenters. The quantitative estimate of drug-likeness (QED) is 0.581. The standard InChI is InChI=1S/C19H24BrN5O2/c1-4-5-6-10-21-18-22-16-15(17(26)24(3)19(27)23(16)2)25(18)12-13-8-7-9-14(20)11-13/h7-9,11H,4-6,10,12H2,1-3H3,(H,21,22). The maximum Gasteiger partial charge on any atom is 0.332 e. The van der Waals surface area contributed by atoms with Crippen LogP contribution in [0, 0.1) is 0 Å². The number of hydrogen-bond acceptors (Lipinski definition) is 4. The number of nitrogens with zero attached hydrogens (tertiary/aromatic N) is 4. The number of nitrogens with one attached hydrogen (secondary N) is 1. The Morgan fingerprint density at radius 1 is 1.15 bits per heavy atom. The molecule has 1 N–H and O–H groups in total. The minimum Gasteiger partial charge on any atom is -0.356 e. The predicted molar refractivity (Wildman–Crippen MR) is 111 cm³/mol. The first-order valence-corrected chi connectivity index (χ1v) is 9.88. The molecule has 3 aromatic rings. The van der Waals surface area contributed by atoms with Gasteiger partial charge in [-0.05, 0) is 24.1 Å². The van der Waals surface area contributed by atoms with Crippen molar-refractivity contribution in [2.75, 3.05) is 11.9 Å². The zero-order valence-corrected chi connectivity index (χ0v) is 17.4. The van der Waals surface area contributed by atoms with E-state index in [2.05, 4.69) is 33.2 Å². The summed E-state index contributed by atoms with van der Waals surface area (Å²) < 4.78 is 5.39. The van der Waals surface area contributed by atoms with E-state index < -0.39 is 0 Å². The van der Waals surface area contributed by atoms with E-state index >= 15 is 0 Å². The van der Waals surface area contributed by atoms with Gasteiger partial charge >= 0.3 is 5.69 Å². The highest BCUT2D eigenvalue weighted by molar-refractivity contribution is 9.10. The molecule has 0 bridgehead atoms. The SMILES string of the molecule is CCCCCNc1nc2c(c(=O)n(C)c(=O)n2C)n1Cc1cccc(Br)c1. The molecule has 0 saturated carbocycles. The van der Waals surface area contributed by atoms with Crippen molar-refractivity contribution in [3.63, 3.8) is 0 Å². The highest BCUT2D eigenvalue weighted by Gasteiger charge is 2.19. The van der Waals surface area contributed by atoms with E-state index in [1.54, 1.807) is 7.05 Å². The van der Waals surface area contributed by atoms with Crippen molar-refractivity contribution < 1.29 is 0 Å². The molecule has 2 heterocycles. The molecule has 0 spiro atoms. The average Bonchev–Trinajstić information content (AvgIpc) is 3.00. The van der Waals surface area contributed by atoms with Crippen LogP contribution in [0.15, 0.2) is 38.3 Å². The lowest BCUT2D eigenvalue weighted by molar-refractivity contribution is 0.702. The molecule has 3 rings (SSSR count). The van der Waals surface area contributed by atoms with E-state index in [0.29, 0.717) is 23.7 Å². The van der Waals surface area contributed by atoms with Gasteiger partial charge < -0.3 is 5.32 Å². The Kier molecular flexibility index (Phi) is 5.84. The molecule has 0 unspecified atom stereocenters. The molecule has 0 saturated heterocycles. The molecule has 0 fully saturated rings. The molecular weight excluding hydrogens is 410 g/mol. The van der Waals surface area contributed by atoms with Crippen LogP contribution < -0.4 is 16.6 Å². The Balaban J connectivity index is 2.14. The third-order valence-electron chi connectivity index (χ3n) is 4.64. The van der Waals surface area contributed by atoms with Gasteiger partial charge in [-0.1, -0.05) is 47.8 Å². The maximum atomic E-state index is 12.8. The normalized spacial score (nSPS) is 11.3. The fourth-order valence-corrected chi connectivity index (χ4v) is 3.58. The van der Waals surface area contributed by atoms with Crippen LogP contribution in [-0.4, -0.2) is 25.2 Å². The van der Waals surface area contributed by atoms with Gasteiger partial charge in [-0.2, -0.15) is 4.98 Å². The number of halogens is 1. The lowest BCUT2D eigenvalue weighted by Gasteiger charge is -2.11. The largest absolute Gasteiger partial charge is 0.356 e. The number of aromatic nitrogens is 4. The van der Waals surface area contributed by atoms with Crippen LogP contribution >= 0.6 is 15.9 Å². The maximum absolute atomic E-state index is 12.8. The van der Waals surface area contributed by atoms with Gasteiger partial charge in [-0.15, -0.1) is 0 Å². The molecule has 8 heteroatoms. The van der Waals surface area contributed by atoms with E-state index in [9.17, 15) is 9.59 Å². The van der Waals surface area contributed by atoms with E-state index in [-0.39, 0.29) is 11.2 Å². The molecule has 0 amide bonds. The monoisotopic (exact) mass is 433 g/mol.